The molecule has 22 heavy (non-hydrogen) atoms. The molecule has 2 aliphatic rings. The third-order valence-corrected chi connectivity index (χ3v) is 3.77. The number of hydrogen-bond donors (Lipinski definition) is 3. The molecule has 3 rings (SSSR count). The molecular weight excluding hydrogens is 292 g/mol. The number of amides is 2. The summed E-state index contributed by atoms with van der Waals surface area (Å²) in [7, 11) is 0. The zero-order valence-electron chi connectivity index (χ0n) is 11.9. The van der Waals surface area contributed by atoms with Crippen molar-refractivity contribution < 1.29 is 18.4 Å². The third kappa shape index (κ3) is 3.59. The van der Waals surface area contributed by atoms with E-state index in [1.807, 2.05) is 0 Å². The Morgan fingerprint density at radius 3 is 2.32 bits per heavy atom. The smallest absolute Gasteiger partial charge is 0.262 e. The van der Waals surface area contributed by atoms with Crippen molar-refractivity contribution in [1.29, 1.82) is 0 Å². The van der Waals surface area contributed by atoms with Gasteiger partial charge in [0.25, 0.3) is 5.92 Å². The Bertz CT molecular complexity index is 602. The van der Waals surface area contributed by atoms with Crippen molar-refractivity contribution in [3.63, 3.8) is 0 Å². The monoisotopic (exact) mass is 309 g/mol. The molecule has 1 atom stereocenters. The molecule has 1 saturated heterocycles. The highest BCUT2D eigenvalue weighted by molar-refractivity contribution is 5.97. The fourth-order valence-electron chi connectivity index (χ4n) is 2.39. The molecule has 1 aromatic carbocycles. The van der Waals surface area contributed by atoms with E-state index in [4.69, 9.17) is 0 Å². The molecule has 1 saturated carbocycles. The number of halogens is 2. The molecule has 2 amide bonds. The van der Waals surface area contributed by atoms with E-state index in [-0.39, 0.29) is 11.8 Å². The number of benzene rings is 1. The summed E-state index contributed by atoms with van der Waals surface area (Å²) in [6.45, 7) is -0.484. The Hall–Kier alpha value is -2.02. The maximum atomic E-state index is 13.1. The molecular formula is C15H17F2N3O2. The lowest BCUT2D eigenvalue weighted by Gasteiger charge is -2.12. The van der Waals surface area contributed by atoms with Gasteiger partial charge in [-0.15, -0.1) is 0 Å². The fourth-order valence-corrected chi connectivity index (χ4v) is 2.39. The zero-order chi connectivity index (χ0) is 15.7. The molecule has 2 fully saturated rings. The van der Waals surface area contributed by atoms with Crippen LogP contribution in [0.2, 0.25) is 0 Å². The van der Waals surface area contributed by atoms with Crippen molar-refractivity contribution in [2.45, 2.75) is 31.2 Å². The van der Waals surface area contributed by atoms with E-state index in [9.17, 15) is 18.4 Å². The van der Waals surface area contributed by atoms with Gasteiger partial charge in [-0.25, -0.2) is 8.78 Å². The molecule has 3 N–H and O–H groups in total. The number of rotatable bonds is 4. The topological polar surface area (TPSA) is 70.2 Å². The van der Waals surface area contributed by atoms with Crippen LogP contribution in [-0.4, -0.2) is 30.3 Å². The second-order valence-electron chi connectivity index (χ2n) is 5.83. The molecule has 0 radical (unpaired) electrons. The average molecular weight is 309 g/mol. The van der Waals surface area contributed by atoms with Gasteiger partial charge in [-0.05, 0) is 31.0 Å². The summed E-state index contributed by atoms with van der Waals surface area (Å²) in [6, 6.07) is 5.77. The van der Waals surface area contributed by atoms with Crippen LogP contribution < -0.4 is 16.0 Å². The van der Waals surface area contributed by atoms with Gasteiger partial charge in [0, 0.05) is 23.7 Å². The van der Waals surface area contributed by atoms with Gasteiger partial charge in [-0.3, -0.25) is 14.9 Å². The van der Waals surface area contributed by atoms with Crippen molar-refractivity contribution in [2.75, 3.05) is 17.2 Å². The summed E-state index contributed by atoms with van der Waals surface area (Å²) in [6.07, 6.45) is 1.31. The third-order valence-electron chi connectivity index (χ3n) is 3.77. The maximum Gasteiger partial charge on any atom is 0.262 e. The maximum absolute atomic E-state index is 13.1. The fraction of sp³-hybridized carbons (Fsp3) is 0.467. The lowest BCUT2D eigenvalue weighted by atomic mass is 10.1. The number of carbonyl (C=O) groups is 2. The van der Waals surface area contributed by atoms with Crippen LogP contribution in [-0.2, 0) is 9.59 Å². The molecule has 5 nitrogen and oxygen atoms in total. The normalized spacial score (nSPS) is 23.1. The number of hydrogen-bond acceptors (Lipinski definition) is 3. The lowest BCUT2D eigenvalue weighted by Crippen LogP contribution is -2.35. The van der Waals surface area contributed by atoms with E-state index in [0.717, 1.165) is 12.8 Å². The minimum absolute atomic E-state index is 0.0272. The van der Waals surface area contributed by atoms with E-state index in [2.05, 4.69) is 16.0 Å². The largest absolute Gasteiger partial charge is 0.326 e. The van der Waals surface area contributed by atoms with E-state index >= 15 is 0 Å². The van der Waals surface area contributed by atoms with Crippen LogP contribution in [0.5, 0.6) is 0 Å². The van der Waals surface area contributed by atoms with Crippen LogP contribution in [0.25, 0.3) is 0 Å². The second-order valence-corrected chi connectivity index (χ2v) is 5.83. The molecule has 7 heteroatoms. The molecule has 1 heterocycles. The Labute approximate surface area is 126 Å². The molecule has 1 aliphatic heterocycles. The summed E-state index contributed by atoms with van der Waals surface area (Å²) in [5.41, 5.74) is 1.05. The van der Waals surface area contributed by atoms with E-state index in [1.54, 1.807) is 24.3 Å². The summed E-state index contributed by atoms with van der Waals surface area (Å²) in [4.78, 5) is 23.7. The first-order valence-electron chi connectivity index (χ1n) is 7.26. The number of alkyl halides is 2. The first kappa shape index (κ1) is 14.9. The van der Waals surface area contributed by atoms with Gasteiger partial charge in [0.1, 0.15) is 0 Å². The first-order chi connectivity index (χ1) is 10.4. The van der Waals surface area contributed by atoms with Crippen molar-refractivity contribution in [2.24, 2.45) is 5.92 Å². The SMILES string of the molecule is O=C(Nc1cccc(NC(=O)C2CC(F)(F)CN2)c1)C1CC1. The van der Waals surface area contributed by atoms with Crippen LogP contribution in [0, 0.1) is 5.92 Å². The number of carbonyl (C=O) groups excluding carboxylic acids is 2. The standard InChI is InChI=1S/C15H17F2N3O2/c16-15(17)7-12(18-8-15)14(22)20-11-3-1-2-10(6-11)19-13(21)9-4-5-9/h1-3,6,9,12,18H,4-5,7-8H2,(H,19,21)(H,20,22). The van der Waals surface area contributed by atoms with Crippen LogP contribution in [0.15, 0.2) is 24.3 Å². The second kappa shape index (κ2) is 5.64. The van der Waals surface area contributed by atoms with Crippen LogP contribution in [0.1, 0.15) is 19.3 Å². The van der Waals surface area contributed by atoms with E-state index < -0.39 is 30.8 Å². The lowest BCUT2D eigenvalue weighted by molar-refractivity contribution is -0.118. The van der Waals surface area contributed by atoms with Crippen molar-refractivity contribution in [3.8, 4) is 0 Å². The highest BCUT2D eigenvalue weighted by atomic mass is 19.3. The summed E-state index contributed by atoms with van der Waals surface area (Å²) < 4.78 is 26.2. The van der Waals surface area contributed by atoms with Gasteiger partial charge in [-0.2, -0.15) is 0 Å². The van der Waals surface area contributed by atoms with E-state index in [1.165, 1.54) is 0 Å². The highest BCUT2D eigenvalue weighted by Gasteiger charge is 2.42. The quantitative estimate of drug-likeness (QED) is 0.796. The summed E-state index contributed by atoms with van der Waals surface area (Å²) in [5.74, 6) is -3.28. The van der Waals surface area contributed by atoms with Crippen LogP contribution >= 0.6 is 0 Å². The van der Waals surface area contributed by atoms with Gasteiger partial charge in [0.05, 0.1) is 12.6 Å². The van der Waals surface area contributed by atoms with Gasteiger partial charge in [0.2, 0.25) is 11.8 Å². The highest BCUT2D eigenvalue weighted by Crippen LogP contribution is 2.30. The minimum atomic E-state index is -2.85. The van der Waals surface area contributed by atoms with Crippen LogP contribution in [0.4, 0.5) is 20.2 Å². The van der Waals surface area contributed by atoms with Gasteiger partial charge < -0.3 is 10.6 Å². The van der Waals surface area contributed by atoms with Gasteiger partial charge in [-0.1, -0.05) is 6.07 Å². The molecule has 1 unspecified atom stereocenters. The van der Waals surface area contributed by atoms with E-state index in [0.29, 0.717) is 11.4 Å². The first-order valence-corrected chi connectivity index (χ1v) is 7.26. The summed E-state index contributed by atoms with van der Waals surface area (Å²) in [5, 5.41) is 7.87. The predicted octanol–water partition coefficient (Wildman–Crippen LogP) is 1.97. The summed E-state index contributed by atoms with van der Waals surface area (Å²) >= 11 is 0. The van der Waals surface area contributed by atoms with Crippen molar-refractivity contribution in [3.05, 3.63) is 24.3 Å². The molecule has 1 aromatic rings. The Morgan fingerprint density at radius 2 is 1.77 bits per heavy atom. The Kier molecular flexibility index (Phi) is 3.82. The Balaban J connectivity index is 1.60. The minimum Gasteiger partial charge on any atom is -0.326 e. The number of anilines is 2. The molecule has 1 aliphatic carbocycles. The van der Waals surface area contributed by atoms with Crippen molar-refractivity contribution >= 4 is 23.2 Å². The zero-order valence-corrected chi connectivity index (χ0v) is 11.9. The molecule has 0 aromatic heterocycles. The van der Waals surface area contributed by atoms with Gasteiger partial charge in [0.15, 0.2) is 0 Å². The van der Waals surface area contributed by atoms with Crippen molar-refractivity contribution in [1.82, 2.24) is 5.32 Å². The Morgan fingerprint density at radius 1 is 1.14 bits per heavy atom. The average Bonchev–Trinajstić information content (AvgIpc) is 3.23. The molecule has 0 bridgehead atoms. The molecule has 118 valence electrons. The number of nitrogens with one attached hydrogen (secondary N) is 3. The van der Waals surface area contributed by atoms with Gasteiger partial charge >= 0.3 is 0 Å². The predicted molar refractivity (Wildman–Crippen MR) is 77.8 cm³/mol. The molecule has 0 spiro atoms. The van der Waals surface area contributed by atoms with Crippen LogP contribution in [0.3, 0.4) is 0 Å².